The Morgan fingerprint density at radius 1 is 0.553 bits per heavy atom. The van der Waals surface area contributed by atoms with Crippen molar-refractivity contribution in [2.45, 2.75) is 19.8 Å². The number of hydrogen-bond donors (Lipinski definition) is 1. The van der Waals surface area contributed by atoms with Crippen molar-refractivity contribution in [1.29, 1.82) is 0 Å². The first-order chi connectivity index (χ1) is 23.2. The summed E-state index contributed by atoms with van der Waals surface area (Å²) < 4.78 is 26.2. The number of aliphatic hydroxyl groups excluding tert-OH is 1. The van der Waals surface area contributed by atoms with Crippen LogP contribution in [0.2, 0.25) is 0 Å². The minimum absolute atomic E-state index is 0.0894. The van der Waals surface area contributed by atoms with E-state index >= 15 is 0 Å². The highest BCUT2D eigenvalue weighted by atomic mass is 16.5. The van der Waals surface area contributed by atoms with E-state index in [2.05, 4.69) is 24.3 Å². The molecule has 4 aromatic carbocycles. The Morgan fingerprint density at radius 3 is 1.34 bits per heavy atom. The van der Waals surface area contributed by atoms with Crippen molar-refractivity contribution in [3.8, 4) is 0 Å². The first-order valence-corrected chi connectivity index (χ1v) is 16.1. The summed E-state index contributed by atoms with van der Waals surface area (Å²) in [5.41, 5.74) is 5.42. The highest BCUT2D eigenvalue weighted by Gasteiger charge is 2.11. The minimum atomic E-state index is -0.146. The SMILES string of the molecule is CCOCCOCCO.CCOCCOCCOC=C(c1ccccc1)c1ccccc1.O=CC(c1ccccc1)c1ccccc1. The minimum Gasteiger partial charge on any atom is -0.498 e. The molecule has 252 valence electrons. The van der Waals surface area contributed by atoms with E-state index in [0.717, 1.165) is 47.3 Å². The van der Waals surface area contributed by atoms with Gasteiger partial charge < -0.3 is 33.6 Å². The van der Waals surface area contributed by atoms with Crippen LogP contribution in [0.5, 0.6) is 0 Å². The van der Waals surface area contributed by atoms with Gasteiger partial charge in [-0.25, -0.2) is 0 Å². The maximum atomic E-state index is 11.1. The second-order valence-electron chi connectivity index (χ2n) is 9.91. The summed E-state index contributed by atoms with van der Waals surface area (Å²) in [5.74, 6) is -0.146. The van der Waals surface area contributed by atoms with Crippen molar-refractivity contribution in [1.82, 2.24) is 0 Å². The van der Waals surface area contributed by atoms with E-state index < -0.39 is 0 Å². The molecule has 0 aliphatic heterocycles. The Bertz CT molecular complexity index is 1210. The summed E-state index contributed by atoms with van der Waals surface area (Å²) in [5, 5.41) is 8.26. The summed E-state index contributed by atoms with van der Waals surface area (Å²) in [6.45, 7) is 9.37. The van der Waals surface area contributed by atoms with E-state index in [1.807, 2.05) is 117 Å². The first kappa shape index (κ1) is 39.1. The number of hydrogen-bond acceptors (Lipinski definition) is 7. The van der Waals surface area contributed by atoms with Crippen LogP contribution in [0, 0.1) is 0 Å². The van der Waals surface area contributed by atoms with Gasteiger partial charge in [0.2, 0.25) is 0 Å². The fourth-order valence-corrected chi connectivity index (χ4v) is 4.25. The van der Waals surface area contributed by atoms with Gasteiger partial charge >= 0.3 is 0 Å². The van der Waals surface area contributed by atoms with Crippen molar-refractivity contribution in [2.24, 2.45) is 0 Å². The zero-order valence-corrected chi connectivity index (χ0v) is 27.7. The standard InChI is InChI=1S/C20H24O3.C14H12O.C6H14O3/c1-2-21-13-14-22-15-16-23-17-20(18-9-5-3-6-10-18)19-11-7-4-8-12-19;15-11-14(12-7-3-1-4-8-12)13-9-5-2-6-10-13;1-2-8-5-6-9-4-3-7/h3-12,17H,2,13-16H2,1H3;1-11,14H;7H,2-6H2,1H3. The molecule has 0 amide bonds. The van der Waals surface area contributed by atoms with E-state index in [-0.39, 0.29) is 12.5 Å². The van der Waals surface area contributed by atoms with E-state index in [1.54, 1.807) is 0 Å². The Balaban J connectivity index is 0.000000274. The monoisotopic (exact) mass is 642 g/mol. The number of rotatable bonds is 19. The summed E-state index contributed by atoms with van der Waals surface area (Å²) >= 11 is 0. The zero-order chi connectivity index (χ0) is 33.6. The lowest BCUT2D eigenvalue weighted by Crippen LogP contribution is -2.08. The van der Waals surface area contributed by atoms with Gasteiger partial charge in [-0.3, -0.25) is 0 Å². The smallest absolute Gasteiger partial charge is 0.131 e. The number of aliphatic hydroxyl groups is 1. The molecular formula is C40H50O7. The fourth-order valence-electron chi connectivity index (χ4n) is 4.25. The summed E-state index contributed by atoms with van der Waals surface area (Å²) in [6.07, 6.45) is 2.81. The van der Waals surface area contributed by atoms with E-state index in [0.29, 0.717) is 46.2 Å². The molecule has 0 bridgehead atoms. The van der Waals surface area contributed by atoms with Gasteiger partial charge in [0.05, 0.1) is 58.4 Å². The first-order valence-electron chi connectivity index (χ1n) is 16.1. The average Bonchev–Trinajstić information content (AvgIpc) is 3.13. The molecule has 0 heterocycles. The van der Waals surface area contributed by atoms with Crippen LogP contribution in [0.1, 0.15) is 42.0 Å². The third-order valence-electron chi connectivity index (χ3n) is 6.56. The summed E-state index contributed by atoms with van der Waals surface area (Å²) in [4.78, 5) is 11.1. The van der Waals surface area contributed by atoms with Gasteiger partial charge in [-0.15, -0.1) is 0 Å². The molecule has 0 aliphatic carbocycles. The highest BCUT2D eigenvalue weighted by Crippen LogP contribution is 2.23. The lowest BCUT2D eigenvalue weighted by Gasteiger charge is -2.10. The molecule has 0 aliphatic rings. The molecule has 4 rings (SSSR count). The number of benzene rings is 4. The number of ether oxygens (including phenoxy) is 5. The average molecular weight is 643 g/mol. The molecule has 7 heteroatoms. The second kappa shape index (κ2) is 27.0. The fraction of sp³-hybridized carbons (Fsp3) is 0.325. The van der Waals surface area contributed by atoms with Gasteiger partial charge in [-0.1, -0.05) is 121 Å². The maximum absolute atomic E-state index is 11.1. The molecule has 0 spiro atoms. The molecule has 0 aromatic heterocycles. The van der Waals surface area contributed by atoms with Crippen LogP contribution in [0.15, 0.2) is 128 Å². The van der Waals surface area contributed by atoms with Crippen LogP contribution in [-0.4, -0.2) is 77.5 Å². The molecule has 1 N–H and O–H groups in total. The van der Waals surface area contributed by atoms with E-state index in [1.165, 1.54) is 0 Å². The molecule has 0 fully saturated rings. The van der Waals surface area contributed by atoms with Crippen molar-refractivity contribution in [2.75, 3.05) is 66.1 Å². The molecule has 7 nitrogen and oxygen atoms in total. The van der Waals surface area contributed by atoms with Gasteiger partial charge in [0.25, 0.3) is 0 Å². The van der Waals surface area contributed by atoms with Gasteiger partial charge in [0.15, 0.2) is 0 Å². The Kier molecular flexibility index (Phi) is 22.5. The lowest BCUT2D eigenvalue weighted by atomic mass is 9.93. The Hall–Kier alpha value is -4.11. The van der Waals surface area contributed by atoms with Crippen molar-refractivity contribution in [3.05, 3.63) is 150 Å². The summed E-state index contributed by atoms with van der Waals surface area (Å²) in [7, 11) is 0. The molecule has 0 unspecified atom stereocenters. The number of aldehydes is 1. The zero-order valence-electron chi connectivity index (χ0n) is 27.7. The predicted molar refractivity (Wildman–Crippen MR) is 188 cm³/mol. The number of carbonyl (C=O) groups is 1. The molecule has 4 aromatic rings. The van der Waals surface area contributed by atoms with Gasteiger partial charge in [-0.2, -0.15) is 0 Å². The van der Waals surface area contributed by atoms with Crippen molar-refractivity contribution >= 4 is 11.9 Å². The van der Waals surface area contributed by atoms with Crippen molar-refractivity contribution in [3.63, 3.8) is 0 Å². The van der Waals surface area contributed by atoms with Crippen molar-refractivity contribution < 1.29 is 33.6 Å². The quantitative estimate of drug-likeness (QED) is 0.0658. The molecule has 47 heavy (non-hydrogen) atoms. The largest absolute Gasteiger partial charge is 0.498 e. The second-order valence-corrected chi connectivity index (χ2v) is 9.91. The van der Waals surface area contributed by atoms with Gasteiger partial charge in [-0.05, 0) is 36.1 Å². The predicted octanol–water partition coefficient (Wildman–Crippen LogP) is 7.19. The van der Waals surface area contributed by atoms with Crippen LogP contribution in [0.3, 0.4) is 0 Å². The molecule has 0 saturated carbocycles. The van der Waals surface area contributed by atoms with Gasteiger partial charge in [0.1, 0.15) is 12.9 Å². The summed E-state index contributed by atoms with van der Waals surface area (Å²) in [6, 6.07) is 40.1. The molecule has 0 saturated heterocycles. The molecular weight excluding hydrogens is 592 g/mol. The molecule has 0 radical (unpaired) electrons. The van der Waals surface area contributed by atoms with Crippen LogP contribution >= 0.6 is 0 Å². The van der Waals surface area contributed by atoms with Crippen LogP contribution in [-0.2, 0) is 28.5 Å². The van der Waals surface area contributed by atoms with Crippen LogP contribution in [0.4, 0.5) is 0 Å². The third kappa shape index (κ3) is 17.4. The normalized spacial score (nSPS) is 10.2. The highest BCUT2D eigenvalue weighted by molar-refractivity contribution is 5.79. The third-order valence-corrected chi connectivity index (χ3v) is 6.56. The Morgan fingerprint density at radius 2 is 0.936 bits per heavy atom. The lowest BCUT2D eigenvalue weighted by molar-refractivity contribution is -0.108. The molecule has 0 atom stereocenters. The van der Waals surface area contributed by atoms with E-state index in [4.69, 9.17) is 28.8 Å². The maximum Gasteiger partial charge on any atom is 0.131 e. The van der Waals surface area contributed by atoms with Gasteiger partial charge in [0, 0.05) is 18.8 Å². The topological polar surface area (TPSA) is 83.5 Å². The van der Waals surface area contributed by atoms with Crippen LogP contribution < -0.4 is 0 Å². The van der Waals surface area contributed by atoms with E-state index in [9.17, 15) is 4.79 Å². The van der Waals surface area contributed by atoms with Crippen LogP contribution in [0.25, 0.3) is 5.57 Å². The Labute approximate surface area is 280 Å². The number of carbonyl (C=O) groups excluding carboxylic acids is 1.